The third kappa shape index (κ3) is 2.92. The van der Waals surface area contributed by atoms with E-state index in [1.807, 2.05) is 0 Å². The number of benzene rings is 1. The zero-order chi connectivity index (χ0) is 17.2. The number of aryl methyl sites for hydroxylation is 2. The van der Waals surface area contributed by atoms with Crippen molar-refractivity contribution in [2.24, 2.45) is 0 Å². The summed E-state index contributed by atoms with van der Waals surface area (Å²) >= 11 is 0. The van der Waals surface area contributed by atoms with Crippen LogP contribution in [0, 0.1) is 13.8 Å². The minimum absolute atomic E-state index is 0.0131. The lowest BCUT2D eigenvalue weighted by atomic mass is 9.83. The van der Waals surface area contributed by atoms with E-state index in [4.69, 9.17) is 0 Å². The topological polar surface area (TPSA) is 29.1 Å². The first kappa shape index (κ1) is 17.9. The third-order valence-electron chi connectivity index (χ3n) is 6.76. The summed E-state index contributed by atoms with van der Waals surface area (Å²) in [4.78, 5) is 13.5. The van der Waals surface area contributed by atoms with E-state index < -0.39 is 7.26 Å². The average molecular weight is 346 g/mol. The smallest absolute Gasteiger partial charge is 0.268 e. The maximum absolute atomic E-state index is 13.5. The highest BCUT2D eigenvalue weighted by atomic mass is 31.2. The van der Waals surface area contributed by atoms with Gasteiger partial charge in [-0.3, -0.25) is 4.79 Å². The van der Waals surface area contributed by atoms with Crippen LogP contribution in [0.25, 0.3) is 0 Å². The van der Waals surface area contributed by atoms with Gasteiger partial charge in [0.05, 0.1) is 18.5 Å². The molecule has 1 saturated heterocycles. The first-order chi connectivity index (χ1) is 11.5. The molecule has 1 aromatic rings. The summed E-state index contributed by atoms with van der Waals surface area (Å²) < 4.78 is 0. The second-order valence-corrected chi connectivity index (χ2v) is 12.6. The lowest BCUT2D eigenvalue weighted by Gasteiger charge is -2.49. The monoisotopic (exact) mass is 346 g/mol. The molecular formula is C21H33NOP+. The van der Waals surface area contributed by atoms with Gasteiger partial charge >= 0.3 is 0 Å². The molecule has 2 aliphatic rings. The SMILES string of the molecule is CC[P+]1(C2(C(=O)Nc3c(C)cccc3C)CCC2)CCCCCC1. The molecule has 1 saturated carbocycles. The molecule has 1 N–H and O–H groups in total. The molecule has 24 heavy (non-hydrogen) atoms. The summed E-state index contributed by atoms with van der Waals surface area (Å²) in [7, 11) is -1.19. The maximum Gasteiger partial charge on any atom is 0.268 e. The molecule has 0 atom stereocenters. The van der Waals surface area contributed by atoms with Gasteiger partial charge < -0.3 is 5.32 Å². The summed E-state index contributed by atoms with van der Waals surface area (Å²) in [6, 6.07) is 6.28. The van der Waals surface area contributed by atoms with Crippen LogP contribution in [-0.2, 0) is 4.79 Å². The Morgan fingerprint density at radius 1 is 1.04 bits per heavy atom. The fourth-order valence-corrected chi connectivity index (χ4v) is 10.7. The van der Waals surface area contributed by atoms with Gasteiger partial charge in [-0.1, -0.05) is 18.2 Å². The van der Waals surface area contributed by atoms with E-state index in [1.165, 1.54) is 61.7 Å². The zero-order valence-corrected chi connectivity index (χ0v) is 16.6. The number of carbonyl (C=O) groups is 1. The first-order valence-corrected chi connectivity index (χ1v) is 12.1. The van der Waals surface area contributed by atoms with Gasteiger partial charge in [-0.2, -0.15) is 0 Å². The van der Waals surface area contributed by atoms with Gasteiger partial charge in [-0.05, 0) is 76.8 Å². The van der Waals surface area contributed by atoms with Crippen molar-refractivity contribution < 1.29 is 4.79 Å². The summed E-state index contributed by atoms with van der Waals surface area (Å²) in [5.74, 6) is 0.350. The molecule has 3 rings (SSSR count). The van der Waals surface area contributed by atoms with Crippen LogP contribution < -0.4 is 5.32 Å². The van der Waals surface area contributed by atoms with E-state index in [0.29, 0.717) is 5.91 Å². The molecule has 0 radical (unpaired) electrons. The molecule has 3 heteroatoms. The summed E-state index contributed by atoms with van der Waals surface area (Å²) in [6.07, 6.45) is 12.9. The minimum Gasteiger partial charge on any atom is -0.322 e. The molecule has 1 aliphatic carbocycles. The van der Waals surface area contributed by atoms with Crippen molar-refractivity contribution in [3.63, 3.8) is 0 Å². The lowest BCUT2D eigenvalue weighted by Crippen LogP contribution is -2.52. The van der Waals surface area contributed by atoms with Crippen molar-refractivity contribution >= 4 is 18.9 Å². The van der Waals surface area contributed by atoms with Crippen LogP contribution in [0.4, 0.5) is 5.69 Å². The van der Waals surface area contributed by atoms with Crippen LogP contribution >= 0.6 is 7.26 Å². The van der Waals surface area contributed by atoms with E-state index in [9.17, 15) is 4.79 Å². The Balaban J connectivity index is 1.90. The number of para-hydroxylation sites is 1. The number of anilines is 1. The maximum atomic E-state index is 13.5. The van der Waals surface area contributed by atoms with E-state index in [1.54, 1.807) is 0 Å². The van der Waals surface area contributed by atoms with Gasteiger partial charge in [-0.15, -0.1) is 0 Å². The van der Waals surface area contributed by atoms with Crippen LogP contribution in [0.2, 0.25) is 0 Å². The Kier molecular flexibility index (Phi) is 5.35. The lowest BCUT2D eigenvalue weighted by molar-refractivity contribution is -0.120. The molecule has 2 nitrogen and oxygen atoms in total. The quantitative estimate of drug-likeness (QED) is 0.688. The van der Waals surface area contributed by atoms with E-state index in [-0.39, 0.29) is 5.16 Å². The molecule has 0 aromatic heterocycles. The van der Waals surface area contributed by atoms with Crippen LogP contribution in [-0.4, -0.2) is 29.5 Å². The number of rotatable bonds is 4. The normalized spacial score (nSPS) is 22.3. The van der Waals surface area contributed by atoms with Gasteiger partial charge in [0.2, 0.25) is 0 Å². The summed E-state index contributed by atoms with van der Waals surface area (Å²) in [5, 5.41) is 3.37. The molecule has 132 valence electrons. The fourth-order valence-electron chi connectivity index (χ4n) is 5.01. The first-order valence-electron chi connectivity index (χ1n) is 9.78. The van der Waals surface area contributed by atoms with Gasteiger partial charge in [-0.25, -0.2) is 0 Å². The van der Waals surface area contributed by atoms with Gasteiger partial charge in [0.15, 0.2) is 5.16 Å². The van der Waals surface area contributed by atoms with Crippen molar-refractivity contribution in [3.05, 3.63) is 29.3 Å². The standard InChI is InChI=1S/C21H32NOP/c1-4-24(15-7-5-6-8-16-24)21(13-10-14-21)20(23)22-19-17(2)11-9-12-18(19)3/h9,11-12H,4-8,10,13-16H2,1-3H3/p+1. The fraction of sp³-hybridized carbons (Fsp3) is 0.667. The van der Waals surface area contributed by atoms with E-state index in [0.717, 1.165) is 18.5 Å². The van der Waals surface area contributed by atoms with Crippen molar-refractivity contribution in [3.8, 4) is 0 Å². The van der Waals surface area contributed by atoms with Gasteiger partial charge in [0.25, 0.3) is 5.91 Å². The Morgan fingerprint density at radius 3 is 2.08 bits per heavy atom. The Morgan fingerprint density at radius 2 is 1.62 bits per heavy atom. The Labute approximate surface area is 148 Å². The number of hydrogen-bond donors (Lipinski definition) is 1. The number of amides is 1. The highest BCUT2D eigenvalue weighted by molar-refractivity contribution is 7.78. The van der Waals surface area contributed by atoms with Crippen molar-refractivity contribution in [2.45, 2.75) is 70.9 Å². The predicted molar refractivity (Wildman–Crippen MR) is 107 cm³/mol. The molecule has 1 aromatic carbocycles. The molecule has 0 unspecified atom stereocenters. The second kappa shape index (κ2) is 7.16. The van der Waals surface area contributed by atoms with Crippen molar-refractivity contribution in [1.29, 1.82) is 0 Å². The summed E-state index contributed by atoms with van der Waals surface area (Å²) in [5.41, 5.74) is 3.42. The number of carbonyl (C=O) groups excluding carboxylic acids is 1. The predicted octanol–water partition coefficient (Wildman–Crippen LogP) is 5.78. The molecule has 2 fully saturated rings. The number of hydrogen-bond acceptors (Lipinski definition) is 1. The summed E-state index contributed by atoms with van der Waals surface area (Å²) in [6.45, 7) is 6.57. The Hall–Kier alpha value is -0.880. The van der Waals surface area contributed by atoms with E-state index >= 15 is 0 Å². The Bertz CT molecular complexity index is 578. The molecule has 1 amide bonds. The second-order valence-electron chi connectivity index (χ2n) is 7.93. The molecular weight excluding hydrogens is 313 g/mol. The molecule has 0 spiro atoms. The van der Waals surface area contributed by atoms with Gasteiger partial charge in [0.1, 0.15) is 0 Å². The highest BCUT2D eigenvalue weighted by Gasteiger charge is 2.64. The van der Waals surface area contributed by atoms with E-state index in [2.05, 4.69) is 44.3 Å². The van der Waals surface area contributed by atoms with Crippen molar-refractivity contribution in [2.75, 3.05) is 23.8 Å². The molecule has 1 aliphatic heterocycles. The minimum atomic E-state index is -1.19. The van der Waals surface area contributed by atoms with Crippen LogP contribution in [0.15, 0.2) is 18.2 Å². The number of nitrogens with one attached hydrogen (secondary N) is 1. The largest absolute Gasteiger partial charge is 0.322 e. The highest BCUT2D eigenvalue weighted by Crippen LogP contribution is 2.76. The molecule has 1 heterocycles. The zero-order valence-electron chi connectivity index (χ0n) is 15.7. The average Bonchev–Trinajstić information content (AvgIpc) is 2.77. The molecule has 0 bridgehead atoms. The van der Waals surface area contributed by atoms with Gasteiger partial charge in [0, 0.05) is 12.9 Å². The van der Waals surface area contributed by atoms with Crippen LogP contribution in [0.5, 0.6) is 0 Å². The van der Waals surface area contributed by atoms with Crippen molar-refractivity contribution in [1.82, 2.24) is 0 Å². The van der Waals surface area contributed by atoms with Crippen LogP contribution in [0.1, 0.15) is 63.0 Å². The third-order valence-corrected chi connectivity index (χ3v) is 12.8. The van der Waals surface area contributed by atoms with Crippen LogP contribution in [0.3, 0.4) is 0 Å².